The topological polar surface area (TPSA) is 41.3 Å². The van der Waals surface area contributed by atoms with E-state index in [0.717, 1.165) is 24.9 Å². The predicted molar refractivity (Wildman–Crippen MR) is 61.0 cm³/mol. The van der Waals surface area contributed by atoms with Gasteiger partial charge >= 0.3 is 0 Å². The molecule has 3 rings (SSSR count). The van der Waals surface area contributed by atoms with Crippen LogP contribution in [0.15, 0.2) is 16.8 Å². The highest BCUT2D eigenvalue weighted by atomic mass is 16.5. The van der Waals surface area contributed by atoms with E-state index < -0.39 is 0 Å². The molecule has 1 saturated heterocycles. The summed E-state index contributed by atoms with van der Waals surface area (Å²) in [5.74, 6) is 0.979. The van der Waals surface area contributed by atoms with Crippen LogP contribution in [0.25, 0.3) is 0 Å². The van der Waals surface area contributed by atoms with Gasteiger partial charge in [-0.1, -0.05) is 5.16 Å². The highest BCUT2D eigenvalue weighted by Crippen LogP contribution is 2.22. The zero-order valence-electron chi connectivity index (χ0n) is 9.56. The molecule has 1 atom stereocenters. The Hall–Kier alpha value is -0.870. The van der Waals surface area contributed by atoms with Gasteiger partial charge < -0.3 is 9.84 Å². The van der Waals surface area contributed by atoms with E-state index in [-0.39, 0.29) is 0 Å². The number of hydrogen-bond donors (Lipinski definition) is 1. The summed E-state index contributed by atoms with van der Waals surface area (Å²) in [6.07, 6.45) is 7.08. The number of rotatable bonds is 4. The Bertz CT molecular complexity index is 321. The second-order valence-corrected chi connectivity index (χ2v) is 4.99. The number of nitrogens with zero attached hydrogens (tertiary/aromatic N) is 2. The zero-order valence-corrected chi connectivity index (χ0v) is 9.56. The third-order valence-corrected chi connectivity index (χ3v) is 3.42. The number of likely N-dealkylation sites (tertiary alicyclic amines) is 1. The second kappa shape index (κ2) is 4.55. The minimum Gasteiger partial charge on any atom is -0.360 e. The molecule has 1 aromatic heterocycles. The number of piperidine rings is 1. The van der Waals surface area contributed by atoms with Crippen molar-refractivity contribution in [1.29, 1.82) is 0 Å². The summed E-state index contributed by atoms with van der Waals surface area (Å²) in [5.41, 5.74) is 0. The van der Waals surface area contributed by atoms with Gasteiger partial charge in [-0.3, -0.25) is 4.90 Å². The van der Waals surface area contributed by atoms with Crippen LogP contribution < -0.4 is 5.32 Å². The van der Waals surface area contributed by atoms with E-state index in [9.17, 15) is 0 Å². The van der Waals surface area contributed by atoms with Crippen molar-refractivity contribution < 1.29 is 4.52 Å². The molecule has 1 saturated carbocycles. The van der Waals surface area contributed by atoms with Gasteiger partial charge in [0.25, 0.3) is 0 Å². The molecule has 0 spiro atoms. The first-order valence-corrected chi connectivity index (χ1v) is 6.28. The van der Waals surface area contributed by atoms with Crippen LogP contribution in [-0.4, -0.2) is 35.2 Å². The van der Waals surface area contributed by atoms with Gasteiger partial charge in [0, 0.05) is 24.7 Å². The molecule has 0 amide bonds. The van der Waals surface area contributed by atoms with Gasteiger partial charge in [0.15, 0.2) is 5.76 Å². The molecule has 16 heavy (non-hydrogen) atoms. The largest absolute Gasteiger partial charge is 0.360 e. The van der Waals surface area contributed by atoms with Crippen molar-refractivity contribution in [3.8, 4) is 0 Å². The van der Waals surface area contributed by atoms with E-state index in [2.05, 4.69) is 15.4 Å². The summed E-state index contributed by atoms with van der Waals surface area (Å²) in [6.45, 7) is 3.24. The van der Waals surface area contributed by atoms with Crippen molar-refractivity contribution in [2.24, 2.45) is 0 Å². The van der Waals surface area contributed by atoms with E-state index in [4.69, 9.17) is 4.52 Å². The molecule has 2 heterocycles. The summed E-state index contributed by atoms with van der Waals surface area (Å²) in [4.78, 5) is 2.46. The van der Waals surface area contributed by atoms with Crippen LogP contribution in [0.4, 0.5) is 0 Å². The van der Waals surface area contributed by atoms with E-state index in [1.165, 1.54) is 32.2 Å². The molecule has 0 radical (unpaired) electrons. The maximum Gasteiger partial charge on any atom is 0.150 e. The first-order valence-electron chi connectivity index (χ1n) is 6.28. The smallest absolute Gasteiger partial charge is 0.150 e. The van der Waals surface area contributed by atoms with E-state index in [1.807, 2.05) is 6.07 Å². The van der Waals surface area contributed by atoms with E-state index >= 15 is 0 Å². The average Bonchev–Trinajstić information content (AvgIpc) is 2.94. The molecule has 4 nitrogen and oxygen atoms in total. The first-order chi connectivity index (χ1) is 7.90. The Balaban J connectivity index is 1.51. The monoisotopic (exact) mass is 221 g/mol. The molecule has 1 aliphatic heterocycles. The summed E-state index contributed by atoms with van der Waals surface area (Å²) in [6, 6.07) is 3.46. The van der Waals surface area contributed by atoms with E-state index in [1.54, 1.807) is 6.20 Å². The minimum atomic E-state index is 0.684. The van der Waals surface area contributed by atoms with Crippen LogP contribution >= 0.6 is 0 Å². The maximum atomic E-state index is 5.15. The summed E-state index contributed by atoms with van der Waals surface area (Å²) < 4.78 is 5.15. The van der Waals surface area contributed by atoms with Crippen LogP contribution in [0.2, 0.25) is 0 Å². The van der Waals surface area contributed by atoms with Crippen LogP contribution in [0.5, 0.6) is 0 Å². The lowest BCUT2D eigenvalue weighted by molar-refractivity contribution is 0.166. The van der Waals surface area contributed by atoms with Crippen molar-refractivity contribution in [2.45, 2.75) is 44.3 Å². The predicted octanol–water partition coefficient (Wildman–Crippen LogP) is 1.39. The third kappa shape index (κ3) is 2.62. The molecule has 88 valence electrons. The highest BCUT2D eigenvalue weighted by Gasteiger charge is 2.27. The fourth-order valence-corrected chi connectivity index (χ4v) is 2.46. The van der Waals surface area contributed by atoms with Crippen molar-refractivity contribution in [3.05, 3.63) is 18.0 Å². The fraction of sp³-hybridized carbons (Fsp3) is 0.750. The van der Waals surface area contributed by atoms with Crippen LogP contribution in [0.1, 0.15) is 31.4 Å². The Morgan fingerprint density at radius 3 is 3.06 bits per heavy atom. The number of hydrogen-bond acceptors (Lipinski definition) is 4. The van der Waals surface area contributed by atoms with Gasteiger partial charge in [-0.15, -0.1) is 0 Å². The zero-order chi connectivity index (χ0) is 10.8. The summed E-state index contributed by atoms with van der Waals surface area (Å²) in [5, 5.41) is 7.46. The van der Waals surface area contributed by atoms with Crippen molar-refractivity contribution in [2.75, 3.05) is 13.1 Å². The van der Waals surface area contributed by atoms with Gasteiger partial charge in [-0.25, -0.2) is 0 Å². The van der Waals surface area contributed by atoms with Gasteiger partial charge in [0.2, 0.25) is 0 Å². The number of aromatic nitrogens is 1. The normalized spacial score (nSPS) is 27.1. The standard InChI is InChI=1S/C12H19N3O/c1-2-11(14-10-3-4-10)8-15(7-1)9-12-5-6-13-16-12/h5-6,10-11,14H,1-4,7-9H2. The third-order valence-electron chi connectivity index (χ3n) is 3.42. The van der Waals surface area contributed by atoms with Crippen LogP contribution in [-0.2, 0) is 6.54 Å². The lowest BCUT2D eigenvalue weighted by atomic mass is 10.1. The molecule has 1 aliphatic carbocycles. The Labute approximate surface area is 96.0 Å². The molecular weight excluding hydrogens is 202 g/mol. The molecule has 0 aromatic carbocycles. The summed E-state index contributed by atoms with van der Waals surface area (Å²) in [7, 11) is 0. The molecule has 1 N–H and O–H groups in total. The molecule has 1 unspecified atom stereocenters. The van der Waals surface area contributed by atoms with Gasteiger partial charge in [0.05, 0.1) is 12.7 Å². The SMILES string of the molecule is c1cc(CN2CCCC(NC3CC3)C2)on1. The Kier molecular flexibility index (Phi) is 2.93. The van der Waals surface area contributed by atoms with Gasteiger partial charge in [-0.05, 0) is 32.2 Å². The molecule has 0 bridgehead atoms. The second-order valence-electron chi connectivity index (χ2n) is 4.99. The fourth-order valence-electron chi connectivity index (χ4n) is 2.46. The first kappa shape index (κ1) is 10.3. The van der Waals surface area contributed by atoms with E-state index in [0.29, 0.717) is 6.04 Å². The summed E-state index contributed by atoms with van der Waals surface area (Å²) >= 11 is 0. The molecule has 2 aliphatic rings. The maximum absolute atomic E-state index is 5.15. The van der Waals surface area contributed by atoms with Crippen molar-refractivity contribution in [3.63, 3.8) is 0 Å². The Morgan fingerprint density at radius 1 is 1.38 bits per heavy atom. The van der Waals surface area contributed by atoms with Gasteiger partial charge in [0.1, 0.15) is 0 Å². The molecule has 2 fully saturated rings. The van der Waals surface area contributed by atoms with Crippen LogP contribution in [0.3, 0.4) is 0 Å². The minimum absolute atomic E-state index is 0.684. The molecule has 1 aromatic rings. The lowest BCUT2D eigenvalue weighted by Gasteiger charge is -2.32. The lowest BCUT2D eigenvalue weighted by Crippen LogP contribution is -2.45. The quantitative estimate of drug-likeness (QED) is 0.834. The van der Waals surface area contributed by atoms with Crippen molar-refractivity contribution in [1.82, 2.24) is 15.4 Å². The van der Waals surface area contributed by atoms with Gasteiger partial charge in [-0.2, -0.15) is 0 Å². The van der Waals surface area contributed by atoms with Crippen molar-refractivity contribution >= 4 is 0 Å². The molecule has 4 heteroatoms. The highest BCUT2D eigenvalue weighted by molar-refractivity contribution is 4.94. The Morgan fingerprint density at radius 2 is 2.31 bits per heavy atom. The molecular formula is C12H19N3O. The van der Waals surface area contributed by atoms with Crippen LogP contribution in [0, 0.1) is 0 Å². The average molecular weight is 221 g/mol. The number of nitrogens with one attached hydrogen (secondary N) is 1.